The number of hydrogen-bond donors (Lipinski definition) is 1. The van der Waals surface area contributed by atoms with Gasteiger partial charge in [0.15, 0.2) is 6.04 Å². The summed E-state index contributed by atoms with van der Waals surface area (Å²) in [6.07, 6.45) is 1.56. The Hall–Kier alpha value is -4.50. The maximum absolute atomic E-state index is 13.1. The fourth-order valence-corrected chi connectivity index (χ4v) is 4.39. The molecule has 0 fully saturated rings. The molecule has 1 atom stereocenters. The average molecular weight is 521 g/mol. The van der Waals surface area contributed by atoms with Gasteiger partial charge in [0.25, 0.3) is 5.69 Å². The molecule has 37 heavy (non-hydrogen) atoms. The minimum atomic E-state index is -1.01. The quantitative estimate of drug-likeness (QED) is 0.205. The molecule has 3 aromatic carbocycles. The van der Waals surface area contributed by atoms with Crippen molar-refractivity contribution in [2.45, 2.75) is 19.9 Å². The summed E-state index contributed by atoms with van der Waals surface area (Å²) in [5, 5.41) is 14.3. The smallest absolute Gasteiger partial charge is 0.346 e. The summed E-state index contributed by atoms with van der Waals surface area (Å²) in [6.45, 7) is 3.29. The topological polar surface area (TPSA) is 125 Å². The Morgan fingerprint density at radius 3 is 2.54 bits per heavy atom. The van der Waals surface area contributed by atoms with E-state index < -0.39 is 28.9 Å². The highest BCUT2D eigenvalue weighted by Crippen LogP contribution is 2.35. The van der Waals surface area contributed by atoms with Crippen LogP contribution in [0.1, 0.15) is 55.9 Å². The van der Waals surface area contributed by atoms with Crippen molar-refractivity contribution >= 4 is 40.8 Å². The predicted octanol–water partition coefficient (Wildman–Crippen LogP) is 5.15. The van der Waals surface area contributed by atoms with Crippen molar-refractivity contribution in [1.29, 1.82) is 0 Å². The molecule has 0 spiro atoms. The van der Waals surface area contributed by atoms with Crippen LogP contribution in [0.4, 0.5) is 5.69 Å². The van der Waals surface area contributed by atoms with Crippen LogP contribution in [0.25, 0.3) is 5.57 Å². The van der Waals surface area contributed by atoms with Gasteiger partial charge >= 0.3 is 17.9 Å². The number of carbonyl (C=O) groups is 3. The van der Waals surface area contributed by atoms with Crippen molar-refractivity contribution < 1.29 is 28.8 Å². The van der Waals surface area contributed by atoms with Crippen molar-refractivity contribution in [3.8, 4) is 0 Å². The van der Waals surface area contributed by atoms with Crippen LogP contribution in [-0.2, 0) is 14.3 Å². The molecular weight excluding hydrogens is 500 g/mol. The van der Waals surface area contributed by atoms with Gasteiger partial charge in [-0.25, -0.2) is 14.4 Å². The lowest BCUT2D eigenvalue weighted by Gasteiger charge is -2.26. The average Bonchev–Trinajstić information content (AvgIpc) is 2.88. The SMILES string of the molecule is CCOC(=O)c1c(Cl)ccc(C(=O)OC(=O)C2NC=C(c3cccc([N+](=O)[O-])c3)c3ccccc32)c1C. The Balaban J connectivity index is 1.61. The summed E-state index contributed by atoms with van der Waals surface area (Å²) in [5.41, 5.74) is 2.60. The predicted molar refractivity (Wildman–Crippen MR) is 135 cm³/mol. The second kappa shape index (κ2) is 10.6. The van der Waals surface area contributed by atoms with Gasteiger partial charge in [0, 0.05) is 23.9 Å². The monoisotopic (exact) mass is 520 g/mol. The lowest BCUT2D eigenvalue weighted by atomic mass is 9.88. The molecule has 4 rings (SSSR count). The maximum atomic E-state index is 13.1. The van der Waals surface area contributed by atoms with E-state index in [0.29, 0.717) is 22.3 Å². The highest BCUT2D eigenvalue weighted by atomic mass is 35.5. The van der Waals surface area contributed by atoms with Gasteiger partial charge in [0.2, 0.25) is 0 Å². The molecule has 3 aromatic rings. The van der Waals surface area contributed by atoms with Crippen molar-refractivity contribution in [3.05, 3.63) is 115 Å². The van der Waals surface area contributed by atoms with Crippen molar-refractivity contribution in [2.75, 3.05) is 6.61 Å². The summed E-state index contributed by atoms with van der Waals surface area (Å²) in [4.78, 5) is 49.0. The minimum absolute atomic E-state index is 0.00211. The summed E-state index contributed by atoms with van der Waals surface area (Å²) >= 11 is 6.14. The molecule has 1 aliphatic rings. The molecule has 1 aliphatic heterocycles. The zero-order valence-electron chi connectivity index (χ0n) is 19.8. The number of nitro benzene ring substituents is 1. The Morgan fingerprint density at radius 1 is 1.05 bits per heavy atom. The van der Waals surface area contributed by atoms with E-state index in [4.69, 9.17) is 21.1 Å². The Labute approximate surface area is 216 Å². The van der Waals surface area contributed by atoms with Gasteiger partial charge in [0.1, 0.15) is 0 Å². The molecule has 9 nitrogen and oxygen atoms in total. The van der Waals surface area contributed by atoms with Crippen LogP contribution in [0.5, 0.6) is 0 Å². The Bertz CT molecular complexity index is 1460. The number of rotatable bonds is 6. The van der Waals surface area contributed by atoms with Crippen molar-refractivity contribution in [2.24, 2.45) is 0 Å². The molecule has 0 saturated heterocycles. The van der Waals surface area contributed by atoms with Gasteiger partial charge in [-0.3, -0.25) is 10.1 Å². The molecule has 0 aliphatic carbocycles. The number of nitrogens with one attached hydrogen (secondary N) is 1. The lowest BCUT2D eigenvalue weighted by molar-refractivity contribution is -0.384. The summed E-state index contributed by atoms with van der Waals surface area (Å²) in [5.74, 6) is -2.50. The van der Waals surface area contributed by atoms with E-state index >= 15 is 0 Å². The van der Waals surface area contributed by atoms with Crippen LogP contribution in [0.15, 0.2) is 66.9 Å². The number of halogens is 1. The van der Waals surface area contributed by atoms with Crippen LogP contribution in [-0.4, -0.2) is 29.4 Å². The molecule has 0 radical (unpaired) electrons. The van der Waals surface area contributed by atoms with Crippen molar-refractivity contribution in [3.63, 3.8) is 0 Å². The first-order chi connectivity index (χ1) is 17.7. The number of hydrogen-bond acceptors (Lipinski definition) is 8. The molecule has 0 bridgehead atoms. The first-order valence-electron chi connectivity index (χ1n) is 11.3. The third kappa shape index (κ3) is 5.07. The van der Waals surface area contributed by atoms with E-state index in [0.717, 1.165) is 0 Å². The van der Waals surface area contributed by atoms with E-state index in [1.165, 1.54) is 31.2 Å². The second-order valence-corrected chi connectivity index (χ2v) is 8.48. The van der Waals surface area contributed by atoms with E-state index in [1.54, 1.807) is 49.5 Å². The van der Waals surface area contributed by atoms with Crippen molar-refractivity contribution in [1.82, 2.24) is 5.32 Å². The minimum Gasteiger partial charge on any atom is -0.462 e. The van der Waals surface area contributed by atoms with Gasteiger partial charge in [-0.15, -0.1) is 0 Å². The molecule has 1 N–H and O–H groups in total. The molecule has 188 valence electrons. The molecular formula is C27H21ClN2O7. The molecule has 10 heteroatoms. The van der Waals surface area contributed by atoms with Gasteiger partial charge in [-0.2, -0.15) is 0 Å². The van der Waals surface area contributed by atoms with Crippen LogP contribution in [0.3, 0.4) is 0 Å². The zero-order chi connectivity index (χ0) is 26.7. The standard InChI is InChI=1S/C27H21ClN2O7/c1-3-36-26(32)23-15(2)18(11-12-22(23)28)25(31)37-27(33)24-20-10-5-4-9-19(20)21(14-29-24)16-7-6-8-17(13-16)30(34)35/h4-14,24,29H,3H2,1-2H3. The second-order valence-electron chi connectivity index (χ2n) is 8.08. The molecule has 0 aromatic heterocycles. The van der Waals surface area contributed by atoms with E-state index in [2.05, 4.69) is 5.32 Å². The first kappa shape index (κ1) is 25.6. The molecule has 0 saturated carbocycles. The lowest BCUT2D eigenvalue weighted by Crippen LogP contribution is -2.32. The molecule has 0 amide bonds. The summed E-state index contributed by atoms with van der Waals surface area (Å²) < 4.78 is 10.2. The Morgan fingerprint density at radius 2 is 1.81 bits per heavy atom. The number of benzene rings is 3. The summed E-state index contributed by atoms with van der Waals surface area (Å²) in [7, 11) is 0. The number of ether oxygens (including phenoxy) is 2. The number of esters is 3. The van der Waals surface area contributed by atoms with E-state index in [9.17, 15) is 24.5 Å². The van der Waals surface area contributed by atoms with Crippen LogP contribution >= 0.6 is 11.6 Å². The third-order valence-corrected chi connectivity index (χ3v) is 6.18. The Kier molecular flexibility index (Phi) is 7.35. The third-order valence-electron chi connectivity index (χ3n) is 5.87. The van der Waals surface area contributed by atoms with Gasteiger partial charge in [-0.05, 0) is 48.2 Å². The van der Waals surface area contributed by atoms with Crippen LogP contribution < -0.4 is 5.32 Å². The fraction of sp³-hybridized carbons (Fsp3) is 0.148. The molecule has 1 unspecified atom stereocenters. The van der Waals surface area contributed by atoms with Crippen LogP contribution in [0, 0.1) is 17.0 Å². The summed E-state index contributed by atoms with van der Waals surface area (Å²) in [6, 6.07) is 14.8. The van der Waals surface area contributed by atoms with E-state index in [1.807, 2.05) is 0 Å². The zero-order valence-corrected chi connectivity index (χ0v) is 20.6. The number of fused-ring (bicyclic) bond motifs is 1. The number of non-ortho nitro benzene ring substituents is 1. The maximum Gasteiger partial charge on any atom is 0.346 e. The molecule has 1 heterocycles. The first-order valence-corrected chi connectivity index (χ1v) is 11.6. The normalized spacial score (nSPS) is 14.0. The highest BCUT2D eigenvalue weighted by Gasteiger charge is 2.31. The number of nitro groups is 1. The fourth-order valence-electron chi connectivity index (χ4n) is 4.11. The highest BCUT2D eigenvalue weighted by molar-refractivity contribution is 6.34. The number of nitrogens with zero attached hydrogens (tertiary/aromatic N) is 1. The van der Waals surface area contributed by atoms with Crippen LogP contribution in [0.2, 0.25) is 5.02 Å². The largest absolute Gasteiger partial charge is 0.462 e. The van der Waals surface area contributed by atoms with Gasteiger partial charge in [-0.1, -0.05) is 48.0 Å². The number of carbonyl (C=O) groups excluding carboxylic acids is 3. The van der Waals surface area contributed by atoms with E-state index in [-0.39, 0.29) is 34.0 Å². The van der Waals surface area contributed by atoms with Gasteiger partial charge in [0.05, 0.1) is 27.7 Å². The van der Waals surface area contributed by atoms with Gasteiger partial charge < -0.3 is 14.8 Å².